The third kappa shape index (κ3) is 3.83. The first-order chi connectivity index (χ1) is 14.0. The van der Waals surface area contributed by atoms with Gasteiger partial charge in [0.05, 0.1) is 29.4 Å². The molecule has 0 atom stereocenters. The van der Waals surface area contributed by atoms with Crippen LogP contribution in [-0.4, -0.2) is 43.4 Å². The average molecular weight is 394 g/mol. The van der Waals surface area contributed by atoms with Gasteiger partial charge in [-0.2, -0.15) is 0 Å². The van der Waals surface area contributed by atoms with Crippen molar-refractivity contribution in [1.29, 1.82) is 0 Å². The van der Waals surface area contributed by atoms with Gasteiger partial charge >= 0.3 is 0 Å². The highest BCUT2D eigenvalue weighted by molar-refractivity contribution is 5.52. The molecule has 0 unspecified atom stereocenters. The number of aromatic nitrogens is 4. The molecule has 1 aliphatic rings. The van der Waals surface area contributed by atoms with E-state index in [2.05, 4.69) is 24.8 Å². The second-order valence-electron chi connectivity index (χ2n) is 6.68. The third-order valence-electron chi connectivity index (χ3n) is 4.86. The molecule has 0 aliphatic carbocycles. The number of nitro groups is 1. The zero-order chi connectivity index (χ0) is 20.4. The summed E-state index contributed by atoms with van der Waals surface area (Å²) in [5.74, 6) is 0.898. The van der Waals surface area contributed by atoms with Gasteiger partial charge in [-0.05, 0) is 12.5 Å². The molecule has 0 saturated carbocycles. The first-order valence-corrected chi connectivity index (χ1v) is 8.96. The smallest absolute Gasteiger partial charge is 0.273 e. The lowest BCUT2D eigenvalue weighted by Crippen LogP contribution is -2.35. The van der Waals surface area contributed by atoms with Crippen LogP contribution in [0.5, 0.6) is 5.75 Å². The Kier molecular flexibility index (Phi) is 5.00. The lowest BCUT2D eigenvalue weighted by atomic mass is 10.0. The van der Waals surface area contributed by atoms with Gasteiger partial charge in [0, 0.05) is 49.2 Å². The molecule has 0 bridgehead atoms. The molecule has 1 aliphatic heterocycles. The fraction of sp³-hybridized carbons (Fsp3) is 0.263. The van der Waals surface area contributed by atoms with Crippen molar-refractivity contribution in [3.63, 3.8) is 0 Å². The Hall–Kier alpha value is -3.66. The van der Waals surface area contributed by atoms with E-state index in [1.807, 2.05) is 0 Å². The molecule has 0 amide bonds. The summed E-state index contributed by atoms with van der Waals surface area (Å²) in [5, 5.41) is 11.0. The number of ether oxygens (including phenoxy) is 1. The molecule has 0 radical (unpaired) electrons. The molecular formula is C19H18N6O4. The summed E-state index contributed by atoms with van der Waals surface area (Å²) in [5.41, 5.74) is 2.70. The fourth-order valence-electron chi connectivity index (χ4n) is 3.41. The lowest BCUT2D eigenvalue weighted by molar-refractivity contribution is -0.384. The zero-order valence-electron chi connectivity index (χ0n) is 15.7. The predicted molar refractivity (Wildman–Crippen MR) is 103 cm³/mol. The maximum absolute atomic E-state index is 12.5. The van der Waals surface area contributed by atoms with Crippen molar-refractivity contribution >= 4 is 5.69 Å². The molecule has 0 saturated heterocycles. The number of methoxy groups -OCH3 is 1. The van der Waals surface area contributed by atoms with Crippen molar-refractivity contribution in [2.24, 2.45) is 0 Å². The molecule has 3 aromatic rings. The second-order valence-corrected chi connectivity index (χ2v) is 6.68. The molecule has 3 heterocycles. The largest absolute Gasteiger partial charge is 0.496 e. The number of H-pyrrole nitrogens is 1. The minimum atomic E-state index is -0.450. The monoisotopic (exact) mass is 394 g/mol. The summed E-state index contributed by atoms with van der Waals surface area (Å²) in [6, 6.07) is 4.58. The number of hydrogen-bond acceptors (Lipinski definition) is 8. The number of hydrogen-bond donors (Lipinski definition) is 1. The summed E-state index contributed by atoms with van der Waals surface area (Å²) in [7, 11) is 1.49. The number of nitrogens with zero attached hydrogens (tertiary/aromatic N) is 5. The van der Waals surface area contributed by atoms with Gasteiger partial charge in [0.1, 0.15) is 17.9 Å². The number of non-ortho nitro benzene ring substituents is 1. The van der Waals surface area contributed by atoms with Crippen LogP contribution in [0.3, 0.4) is 0 Å². The summed E-state index contributed by atoms with van der Waals surface area (Å²) >= 11 is 0. The SMILES string of the molecule is COc1cc([N+](=O)[O-])ccc1CN1CCc2c(nc(-c3cncnc3)[nH]c2=O)C1. The van der Waals surface area contributed by atoms with E-state index in [0.717, 1.165) is 5.56 Å². The van der Waals surface area contributed by atoms with Crippen LogP contribution in [0, 0.1) is 10.1 Å². The molecule has 1 N–H and O–H groups in total. The van der Waals surface area contributed by atoms with E-state index in [9.17, 15) is 14.9 Å². The number of nitrogens with one attached hydrogen (secondary N) is 1. The van der Waals surface area contributed by atoms with E-state index < -0.39 is 4.92 Å². The first kappa shape index (κ1) is 18.7. The van der Waals surface area contributed by atoms with Crippen LogP contribution in [0.1, 0.15) is 16.8 Å². The van der Waals surface area contributed by atoms with E-state index in [1.54, 1.807) is 18.5 Å². The molecule has 0 fully saturated rings. The molecule has 2 aromatic heterocycles. The van der Waals surface area contributed by atoms with E-state index in [4.69, 9.17) is 4.74 Å². The molecule has 29 heavy (non-hydrogen) atoms. The molecule has 0 spiro atoms. The maximum atomic E-state index is 12.5. The normalized spacial score (nSPS) is 13.7. The van der Waals surface area contributed by atoms with Crippen LogP contribution in [0.15, 0.2) is 41.7 Å². The number of aromatic amines is 1. The third-order valence-corrected chi connectivity index (χ3v) is 4.86. The van der Waals surface area contributed by atoms with Crippen LogP contribution in [-0.2, 0) is 19.5 Å². The van der Waals surface area contributed by atoms with E-state index in [0.29, 0.717) is 54.4 Å². The van der Waals surface area contributed by atoms with Crippen molar-refractivity contribution in [2.75, 3.05) is 13.7 Å². The van der Waals surface area contributed by atoms with Crippen molar-refractivity contribution < 1.29 is 9.66 Å². The summed E-state index contributed by atoms with van der Waals surface area (Å²) < 4.78 is 5.33. The quantitative estimate of drug-likeness (QED) is 0.512. The molecule has 4 rings (SSSR count). The number of nitro benzene ring substituents is 1. The van der Waals surface area contributed by atoms with Crippen LogP contribution in [0.4, 0.5) is 5.69 Å². The Morgan fingerprint density at radius 3 is 2.83 bits per heavy atom. The van der Waals surface area contributed by atoms with Gasteiger partial charge < -0.3 is 9.72 Å². The zero-order valence-corrected chi connectivity index (χ0v) is 15.7. The van der Waals surface area contributed by atoms with E-state index >= 15 is 0 Å². The fourth-order valence-corrected chi connectivity index (χ4v) is 3.41. The van der Waals surface area contributed by atoms with Gasteiger partial charge in [-0.1, -0.05) is 0 Å². The Morgan fingerprint density at radius 1 is 1.31 bits per heavy atom. The van der Waals surface area contributed by atoms with Crippen LogP contribution in [0.2, 0.25) is 0 Å². The minimum absolute atomic E-state index is 0.0162. The van der Waals surface area contributed by atoms with Gasteiger partial charge in [-0.3, -0.25) is 19.8 Å². The number of rotatable bonds is 5. The van der Waals surface area contributed by atoms with Gasteiger partial charge in [0.25, 0.3) is 11.2 Å². The number of benzene rings is 1. The highest BCUT2D eigenvalue weighted by atomic mass is 16.6. The topological polar surface area (TPSA) is 127 Å². The Morgan fingerprint density at radius 2 is 2.10 bits per heavy atom. The summed E-state index contributed by atoms with van der Waals surface area (Å²) in [4.78, 5) is 40.5. The highest BCUT2D eigenvalue weighted by Gasteiger charge is 2.23. The summed E-state index contributed by atoms with van der Waals surface area (Å²) in [6.45, 7) is 1.69. The molecular weight excluding hydrogens is 376 g/mol. The van der Waals surface area contributed by atoms with Gasteiger partial charge in [0.2, 0.25) is 0 Å². The van der Waals surface area contributed by atoms with Gasteiger partial charge in [0.15, 0.2) is 0 Å². The van der Waals surface area contributed by atoms with Crippen molar-refractivity contribution in [3.8, 4) is 17.1 Å². The Bertz CT molecular complexity index is 1120. The Labute approximate surface area is 165 Å². The molecule has 10 heteroatoms. The van der Waals surface area contributed by atoms with Gasteiger partial charge in [-0.25, -0.2) is 15.0 Å². The summed E-state index contributed by atoms with van der Waals surface area (Å²) in [6.07, 6.45) is 5.18. The van der Waals surface area contributed by atoms with Crippen molar-refractivity contribution in [3.05, 3.63) is 74.2 Å². The molecule has 1 aromatic carbocycles. The minimum Gasteiger partial charge on any atom is -0.496 e. The molecule has 10 nitrogen and oxygen atoms in total. The standard InChI is InChI=1S/C19H18N6O4/c1-29-17-6-14(25(27)28)3-2-12(17)9-24-5-4-15-16(10-24)22-18(23-19(15)26)13-7-20-11-21-8-13/h2-3,6-8,11H,4-5,9-10H2,1H3,(H,22,23,26). The van der Waals surface area contributed by atoms with Crippen LogP contribution >= 0.6 is 0 Å². The second kappa shape index (κ2) is 7.76. The van der Waals surface area contributed by atoms with Crippen LogP contribution in [0.25, 0.3) is 11.4 Å². The predicted octanol–water partition coefficient (Wildman–Crippen LogP) is 1.70. The van der Waals surface area contributed by atoms with E-state index in [-0.39, 0.29) is 11.2 Å². The number of fused-ring (bicyclic) bond motifs is 1. The van der Waals surface area contributed by atoms with Crippen molar-refractivity contribution in [2.45, 2.75) is 19.5 Å². The Balaban J connectivity index is 1.60. The highest BCUT2D eigenvalue weighted by Crippen LogP contribution is 2.27. The maximum Gasteiger partial charge on any atom is 0.273 e. The van der Waals surface area contributed by atoms with Gasteiger partial charge in [-0.15, -0.1) is 0 Å². The van der Waals surface area contributed by atoms with Crippen LogP contribution < -0.4 is 10.3 Å². The molecule has 148 valence electrons. The van der Waals surface area contributed by atoms with Crippen molar-refractivity contribution in [1.82, 2.24) is 24.8 Å². The first-order valence-electron chi connectivity index (χ1n) is 8.96. The average Bonchev–Trinajstić information content (AvgIpc) is 2.74. The van der Waals surface area contributed by atoms with E-state index in [1.165, 1.54) is 25.6 Å². The lowest BCUT2D eigenvalue weighted by Gasteiger charge is -2.28.